The number of carbonyl (C=O) groups excluding carboxylic acids is 2. The molecule has 0 saturated heterocycles. The number of hydrogen-bond donors (Lipinski definition) is 2. The molecule has 0 radical (unpaired) electrons. The highest BCUT2D eigenvalue weighted by atomic mass is 16.6. The third-order valence-electron chi connectivity index (χ3n) is 4.12. The van der Waals surface area contributed by atoms with Crippen molar-refractivity contribution >= 4 is 28.9 Å². The van der Waals surface area contributed by atoms with Crippen molar-refractivity contribution in [2.24, 2.45) is 5.10 Å². The fourth-order valence-corrected chi connectivity index (χ4v) is 2.51. The van der Waals surface area contributed by atoms with Crippen LogP contribution in [0.2, 0.25) is 0 Å². The molecule has 0 atom stereocenters. The summed E-state index contributed by atoms with van der Waals surface area (Å²) in [6, 6.07) is 12.9. The van der Waals surface area contributed by atoms with Crippen molar-refractivity contribution in [3.05, 3.63) is 69.8 Å². The van der Waals surface area contributed by atoms with Gasteiger partial charge in [-0.15, -0.1) is 0 Å². The van der Waals surface area contributed by atoms with Gasteiger partial charge >= 0.3 is 0 Å². The Hall–Kier alpha value is -3.55. The summed E-state index contributed by atoms with van der Waals surface area (Å²) in [5.41, 5.74) is 4.61. The average Bonchev–Trinajstić information content (AvgIpc) is 2.65. The SMILES string of the molecule is CC(CC(=O)Nc1cccc([N+](=O)[O-])c1)=NNC(=O)c1ccc(C(C)(C)C)cc1. The molecule has 2 amide bonds. The largest absolute Gasteiger partial charge is 0.326 e. The van der Waals surface area contributed by atoms with Crippen LogP contribution in [0.4, 0.5) is 11.4 Å². The Morgan fingerprint density at radius 1 is 1.10 bits per heavy atom. The number of carbonyl (C=O) groups is 2. The Morgan fingerprint density at radius 2 is 1.76 bits per heavy atom. The summed E-state index contributed by atoms with van der Waals surface area (Å²) in [7, 11) is 0. The zero-order chi connectivity index (χ0) is 21.6. The van der Waals surface area contributed by atoms with Gasteiger partial charge in [-0.2, -0.15) is 5.10 Å². The van der Waals surface area contributed by atoms with Crippen LogP contribution in [0, 0.1) is 10.1 Å². The highest BCUT2D eigenvalue weighted by Gasteiger charge is 2.14. The molecule has 2 rings (SSSR count). The smallest absolute Gasteiger partial charge is 0.271 e. The summed E-state index contributed by atoms with van der Waals surface area (Å²) in [6.45, 7) is 7.88. The molecule has 0 unspecified atom stereocenters. The summed E-state index contributed by atoms with van der Waals surface area (Å²) < 4.78 is 0. The normalized spacial score (nSPS) is 11.7. The van der Waals surface area contributed by atoms with E-state index >= 15 is 0 Å². The lowest BCUT2D eigenvalue weighted by molar-refractivity contribution is -0.384. The third-order valence-corrected chi connectivity index (χ3v) is 4.12. The van der Waals surface area contributed by atoms with Crippen molar-refractivity contribution in [3.63, 3.8) is 0 Å². The van der Waals surface area contributed by atoms with Crippen LogP contribution in [0.25, 0.3) is 0 Å². The monoisotopic (exact) mass is 396 g/mol. The molecule has 0 spiro atoms. The van der Waals surface area contributed by atoms with Gasteiger partial charge in [-0.3, -0.25) is 19.7 Å². The van der Waals surface area contributed by atoms with E-state index in [0.29, 0.717) is 17.0 Å². The zero-order valence-corrected chi connectivity index (χ0v) is 16.9. The fraction of sp³-hybridized carbons (Fsp3) is 0.286. The fourth-order valence-electron chi connectivity index (χ4n) is 2.51. The number of hydrazone groups is 1. The third kappa shape index (κ3) is 6.53. The van der Waals surface area contributed by atoms with E-state index in [4.69, 9.17) is 0 Å². The first kappa shape index (κ1) is 21.7. The number of nitrogens with zero attached hydrogens (tertiary/aromatic N) is 2. The predicted octanol–water partition coefficient (Wildman–Crippen LogP) is 4.03. The Morgan fingerprint density at radius 3 is 2.34 bits per heavy atom. The van der Waals surface area contributed by atoms with Gasteiger partial charge in [0.15, 0.2) is 0 Å². The lowest BCUT2D eigenvalue weighted by Crippen LogP contribution is -2.21. The maximum Gasteiger partial charge on any atom is 0.271 e. The van der Waals surface area contributed by atoms with Crippen molar-refractivity contribution in [3.8, 4) is 0 Å². The number of nitro groups is 1. The molecule has 29 heavy (non-hydrogen) atoms. The van der Waals surface area contributed by atoms with E-state index in [9.17, 15) is 19.7 Å². The molecule has 0 aliphatic heterocycles. The standard InChI is InChI=1S/C21H24N4O4/c1-14(12-19(26)22-17-6-5-7-18(13-17)25(28)29)23-24-20(27)15-8-10-16(11-9-15)21(2,3)4/h5-11,13H,12H2,1-4H3,(H,22,26)(H,24,27). The predicted molar refractivity (Wildman–Crippen MR) is 112 cm³/mol. The van der Waals surface area contributed by atoms with Crippen molar-refractivity contribution in [1.29, 1.82) is 0 Å². The van der Waals surface area contributed by atoms with Gasteiger partial charge in [0, 0.05) is 29.1 Å². The van der Waals surface area contributed by atoms with E-state index in [1.54, 1.807) is 25.1 Å². The highest BCUT2D eigenvalue weighted by molar-refractivity contribution is 6.06. The minimum atomic E-state index is -0.536. The second-order valence-electron chi connectivity index (χ2n) is 7.65. The van der Waals surface area contributed by atoms with Gasteiger partial charge in [-0.25, -0.2) is 5.43 Å². The van der Waals surface area contributed by atoms with E-state index in [1.807, 2.05) is 12.1 Å². The number of anilines is 1. The molecule has 0 aromatic heterocycles. The van der Waals surface area contributed by atoms with Gasteiger partial charge in [0.2, 0.25) is 5.91 Å². The molecular weight excluding hydrogens is 372 g/mol. The average molecular weight is 396 g/mol. The molecule has 0 aliphatic carbocycles. The van der Waals surface area contributed by atoms with Crippen LogP contribution in [0.1, 0.15) is 50.0 Å². The maximum absolute atomic E-state index is 12.2. The molecule has 2 N–H and O–H groups in total. The molecule has 8 heteroatoms. The number of hydrogen-bond acceptors (Lipinski definition) is 5. The number of amides is 2. The lowest BCUT2D eigenvalue weighted by atomic mass is 9.87. The topological polar surface area (TPSA) is 114 Å². The Labute approximate surface area is 169 Å². The molecule has 0 heterocycles. The number of nitrogens with one attached hydrogen (secondary N) is 2. The van der Waals surface area contributed by atoms with E-state index in [-0.39, 0.29) is 23.4 Å². The number of benzene rings is 2. The first-order valence-electron chi connectivity index (χ1n) is 9.04. The van der Waals surface area contributed by atoms with E-state index in [0.717, 1.165) is 5.56 Å². The molecule has 2 aromatic carbocycles. The Kier molecular flexibility index (Phi) is 6.82. The molecular formula is C21H24N4O4. The molecule has 0 saturated carbocycles. The Balaban J connectivity index is 1.92. The summed E-state index contributed by atoms with van der Waals surface area (Å²) in [4.78, 5) is 34.5. The molecule has 8 nitrogen and oxygen atoms in total. The van der Waals surface area contributed by atoms with Gasteiger partial charge in [-0.05, 0) is 36.1 Å². The van der Waals surface area contributed by atoms with Crippen LogP contribution >= 0.6 is 0 Å². The second-order valence-corrected chi connectivity index (χ2v) is 7.65. The van der Waals surface area contributed by atoms with Crippen LogP contribution in [0.3, 0.4) is 0 Å². The molecule has 0 aliphatic rings. The molecule has 0 bridgehead atoms. The molecule has 0 fully saturated rings. The van der Waals surface area contributed by atoms with Crippen LogP contribution < -0.4 is 10.7 Å². The maximum atomic E-state index is 12.2. The summed E-state index contributed by atoms with van der Waals surface area (Å²) >= 11 is 0. The first-order valence-corrected chi connectivity index (χ1v) is 9.04. The first-order chi connectivity index (χ1) is 13.6. The quantitative estimate of drug-likeness (QED) is 0.436. The lowest BCUT2D eigenvalue weighted by Gasteiger charge is -2.18. The van der Waals surface area contributed by atoms with Gasteiger partial charge in [0.1, 0.15) is 0 Å². The molecule has 152 valence electrons. The summed E-state index contributed by atoms with van der Waals surface area (Å²) in [5, 5.41) is 17.3. The van der Waals surface area contributed by atoms with Crippen molar-refractivity contribution in [2.45, 2.75) is 39.5 Å². The van der Waals surface area contributed by atoms with Crippen molar-refractivity contribution in [1.82, 2.24) is 5.43 Å². The van der Waals surface area contributed by atoms with Gasteiger partial charge in [0.05, 0.1) is 11.3 Å². The highest BCUT2D eigenvalue weighted by Crippen LogP contribution is 2.22. The number of nitro benzene ring substituents is 1. The Bertz CT molecular complexity index is 944. The summed E-state index contributed by atoms with van der Waals surface area (Å²) in [6.07, 6.45) is -0.0636. The minimum Gasteiger partial charge on any atom is -0.326 e. The van der Waals surface area contributed by atoms with Crippen LogP contribution in [-0.4, -0.2) is 22.4 Å². The van der Waals surface area contributed by atoms with Gasteiger partial charge in [0.25, 0.3) is 11.6 Å². The van der Waals surface area contributed by atoms with E-state index in [1.165, 1.54) is 18.2 Å². The van der Waals surface area contributed by atoms with Crippen LogP contribution in [0.5, 0.6) is 0 Å². The number of rotatable bonds is 6. The van der Waals surface area contributed by atoms with Crippen molar-refractivity contribution < 1.29 is 14.5 Å². The van der Waals surface area contributed by atoms with Crippen LogP contribution in [-0.2, 0) is 10.2 Å². The molecule has 2 aromatic rings. The second kappa shape index (κ2) is 9.09. The van der Waals surface area contributed by atoms with E-state index < -0.39 is 10.8 Å². The zero-order valence-electron chi connectivity index (χ0n) is 16.9. The van der Waals surface area contributed by atoms with Gasteiger partial charge < -0.3 is 5.32 Å². The van der Waals surface area contributed by atoms with Gasteiger partial charge in [-0.1, -0.05) is 39.0 Å². The number of non-ortho nitro benzene ring substituents is 1. The summed E-state index contributed by atoms with van der Waals surface area (Å²) in [5.74, 6) is -0.764. The van der Waals surface area contributed by atoms with E-state index in [2.05, 4.69) is 36.6 Å². The van der Waals surface area contributed by atoms with Crippen LogP contribution in [0.15, 0.2) is 53.6 Å². The minimum absolute atomic E-state index is 0.00368. The van der Waals surface area contributed by atoms with Crippen molar-refractivity contribution in [2.75, 3.05) is 5.32 Å².